The molecule has 2 saturated heterocycles. The molecule has 4 atom stereocenters. The van der Waals surface area contributed by atoms with E-state index in [1.54, 1.807) is 7.11 Å². The summed E-state index contributed by atoms with van der Waals surface area (Å²) in [6.07, 6.45) is 3.59. The van der Waals surface area contributed by atoms with Crippen LogP contribution >= 0.6 is 0 Å². The highest BCUT2D eigenvalue weighted by Gasteiger charge is 2.74. The maximum Gasteiger partial charge on any atom is 0.317 e. The van der Waals surface area contributed by atoms with Gasteiger partial charge in [0.2, 0.25) is 0 Å². The predicted octanol–water partition coefficient (Wildman–Crippen LogP) is 2.80. The van der Waals surface area contributed by atoms with Crippen LogP contribution in [0.1, 0.15) is 32.3 Å². The number of carbonyl (C=O) groups excluding carboxylic acids is 2. The molecule has 3 fully saturated rings. The topological polar surface area (TPSA) is 77.4 Å². The van der Waals surface area contributed by atoms with Crippen LogP contribution in [0.4, 0.5) is 5.69 Å². The molecule has 0 amide bonds. The third-order valence-electron chi connectivity index (χ3n) is 7.94. The van der Waals surface area contributed by atoms with E-state index < -0.39 is 16.8 Å². The number of hydrogen-bond acceptors (Lipinski definition) is 7. The Morgan fingerprint density at radius 2 is 2.13 bits per heavy atom. The number of allylic oxidation sites excluding steroid dienone is 1. The van der Waals surface area contributed by atoms with Gasteiger partial charge in [0.25, 0.3) is 0 Å². The lowest BCUT2D eigenvalue weighted by molar-refractivity contribution is -0.176. The molecule has 5 rings (SSSR count). The van der Waals surface area contributed by atoms with E-state index >= 15 is 0 Å². The standard InChI is InChI=1S/C24H28N2O5/c1-5-15-12-26-9-8-23-18-10-16(29-3)6-7-19(18)25-21(23)20(26)11-17(15)24(23,22(28)30-4)13-31-14(2)27/h5-7,10,17,20H,8-9,11-13H2,1-4H3/b15-5-/t17-,20-,23+,24?/m0/s1. The van der Waals surface area contributed by atoms with Crippen LogP contribution in [0, 0.1) is 11.3 Å². The quantitative estimate of drug-likeness (QED) is 0.546. The van der Waals surface area contributed by atoms with Gasteiger partial charge in [-0.3, -0.25) is 19.5 Å². The average molecular weight is 424 g/mol. The first-order valence-electron chi connectivity index (χ1n) is 10.8. The second kappa shape index (κ2) is 6.92. The lowest BCUT2D eigenvalue weighted by atomic mass is 9.43. The summed E-state index contributed by atoms with van der Waals surface area (Å²) < 4.78 is 16.7. The number of methoxy groups -OCH3 is 2. The molecule has 1 unspecified atom stereocenters. The van der Waals surface area contributed by atoms with E-state index in [0.717, 1.165) is 42.2 Å². The summed E-state index contributed by atoms with van der Waals surface area (Å²) in [5.41, 5.74) is 2.27. The molecule has 31 heavy (non-hydrogen) atoms. The average Bonchev–Trinajstić information content (AvgIpc) is 3.13. The second-order valence-corrected chi connectivity index (χ2v) is 8.92. The lowest BCUT2D eigenvalue weighted by Crippen LogP contribution is -2.75. The first-order valence-corrected chi connectivity index (χ1v) is 10.8. The maximum atomic E-state index is 13.8. The molecule has 4 aliphatic rings. The normalized spacial score (nSPS) is 34.1. The molecule has 164 valence electrons. The van der Waals surface area contributed by atoms with Crippen molar-refractivity contribution in [1.82, 2.24) is 4.90 Å². The third-order valence-corrected chi connectivity index (χ3v) is 7.94. The van der Waals surface area contributed by atoms with Crippen LogP contribution in [0.25, 0.3) is 0 Å². The molecular formula is C24H28N2O5. The Bertz CT molecular complexity index is 1030. The molecule has 3 aliphatic heterocycles. The summed E-state index contributed by atoms with van der Waals surface area (Å²) in [6, 6.07) is 6.03. The Labute approximate surface area is 182 Å². The Kier molecular flexibility index (Phi) is 4.52. The van der Waals surface area contributed by atoms with E-state index in [0.29, 0.717) is 6.42 Å². The van der Waals surface area contributed by atoms with Crippen LogP contribution in [-0.2, 0) is 24.5 Å². The van der Waals surface area contributed by atoms with Gasteiger partial charge < -0.3 is 14.2 Å². The molecular weight excluding hydrogens is 396 g/mol. The number of esters is 2. The number of fused-ring (bicyclic) bond motifs is 2. The van der Waals surface area contributed by atoms with Crippen molar-refractivity contribution in [3.05, 3.63) is 35.4 Å². The minimum Gasteiger partial charge on any atom is -0.497 e. The van der Waals surface area contributed by atoms with E-state index in [2.05, 4.69) is 11.0 Å². The SMILES string of the molecule is C/C=C1/CN2CC[C@]34C(=Nc5ccc(OC)cc53)[C@@H]2C[C@@H]1C4(COC(C)=O)C(=O)OC. The molecule has 0 spiro atoms. The van der Waals surface area contributed by atoms with Crippen molar-refractivity contribution in [2.24, 2.45) is 16.3 Å². The Morgan fingerprint density at radius 1 is 1.32 bits per heavy atom. The van der Waals surface area contributed by atoms with Crippen LogP contribution in [0.15, 0.2) is 34.8 Å². The fraction of sp³-hybridized carbons (Fsp3) is 0.542. The number of hydrogen-bond donors (Lipinski definition) is 0. The fourth-order valence-corrected chi connectivity index (χ4v) is 6.67. The zero-order chi connectivity index (χ0) is 22.0. The monoisotopic (exact) mass is 424 g/mol. The number of rotatable bonds is 4. The summed E-state index contributed by atoms with van der Waals surface area (Å²) in [5.74, 6) is -0.114. The van der Waals surface area contributed by atoms with Crippen molar-refractivity contribution in [2.75, 3.05) is 33.9 Å². The highest BCUT2D eigenvalue weighted by Crippen LogP contribution is 2.66. The van der Waals surface area contributed by atoms with Gasteiger partial charge in [0, 0.05) is 31.6 Å². The number of benzene rings is 1. The van der Waals surface area contributed by atoms with Crippen molar-refractivity contribution >= 4 is 23.3 Å². The molecule has 7 nitrogen and oxygen atoms in total. The first-order chi connectivity index (χ1) is 14.9. The Balaban J connectivity index is 1.83. The summed E-state index contributed by atoms with van der Waals surface area (Å²) in [5, 5.41) is 0. The van der Waals surface area contributed by atoms with Crippen LogP contribution < -0.4 is 4.74 Å². The first kappa shape index (κ1) is 20.2. The molecule has 7 heteroatoms. The van der Waals surface area contributed by atoms with E-state index in [1.165, 1.54) is 19.6 Å². The molecule has 3 heterocycles. The molecule has 1 aliphatic carbocycles. The summed E-state index contributed by atoms with van der Waals surface area (Å²) in [4.78, 5) is 33.3. The van der Waals surface area contributed by atoms with Crippen LogP contribution in [0.2, 0.25) is 0 Å². The van der Waals surface area contributed by atoms with Crippen LogP contribution in [0.3, 0.4) is 0 Å². The van der Waals surface area contributed by atoms with Gasteiger partial charge in [-0.1, -0.05) is 11.6 Å². The Morgan fingerprint density at radius 3 is 2.81 bits per heavy atom. The number of aliphatic imine (C=N–C) groups is 1. The summed E-state index contributed by atoms with van der Waals surface area (Å²) in [6.45, 7) is 5.00. The largest absolute Gasteiger partial charge is 0.497 e. The van der Waals surface area contributed by atoms with Gasteiger partial charge in [0.15, 0.2) is 0 Å². The molecule has 1 aromatic carbocycles. The van der Waals surface area contributed by atoms with Gasteiger partial charge >= 0.3 is 11.9 Å². The van der Waals surface area contributed by atoms with E-state index in [-0.39, 0.29) is 24.5 Å². The number of ether oxygens (including phenoxy) is 3. The zero-order valence-corrected chi connectivity index (χ0v) is 18.4. The number of piperidine rings is 2. The van der Waals surface area contributed by atoms with Gasteiger partial charge in [0.05, 0.1) is 31.4 Å². The summed E-state index contributed by atoms with van der Waals surface area (Å²) >= 11 is 0. The third kappa shape index (κ3) is 2.41. The number of carbonyl (C=O) groups is 2. The van der Waals surface area contributed by atoms with Crippen molar-refractivity contribution in [2.45, 2.75) is 38.1 Å². The van der Waals surface area contributed by atoms with E-state index in [9.17, 15) is 9.59 Å². The smallest absolute Gasteiger partial charge is 0.317 e. The van der Waals surface area contributed by atoms with Gasteiger partial charge in [0.1, 0.15) is 17.8 Å². The van der Waals surface area contributed by atoms with Gasteiger partial charge in [-0.25, -0.2) is 0 Å². The van der Waals surface area contributed by atoms with Gasteiger partial charge in [-0.2, -0.15) is 0 Å². The Hall–Kier alpha value is -2.67. The van der Waals surface area contributed by atoms with Crippen LogP contribution in [0.5, 0.6) is 5.75 Å². The maximum absolute atomic E-state index is 13.8. The molecule has 1 saturated carbocycles. The lowest BCUT2D eigenvalue weighted by Gasteiger charge is -2.64. The molecule has 1 aromatic rings. The van der Waals surface area contributed by atoms with Crippen LogP contribution in [-0.4, -0.2) is 62.5 Å². The molecule has 3 bridgehead atoms. The van der Waals surface area contributed by atoms with Crippen molar-refractivity contribution in [1.29, 1.82) is 0 Å². The summed E-state index contributed by atoms with van der Waals surface area (Å²) in [7, 11) is 3.06. The van der Waals surface area contributed by atoms with E-state index in [1.807, 2.05) is 25.1 Å². The fourth-order valence-electron chi connectivity index (χ4n) is 6.67. The van der Waals surface area contributed by atoms with Crippen molar-refractivity contribution < 1.29 is 23.8 Å². The highest BCUT2D eigenvalue weighted by atomic mass is 16.5. The van der Waals surface area contributed by atoms with E-state index in [4.69, 9.17) is 19.2 Å². The predicted molar refractivity (Wildman–Crippen MR) is 115 cm³/mol. The zero-order valence-electron chi connectivity index (χ0n) is 18.4. The second-order valence-electron chi connectivity index (χ2n) is 8.92. The van der Waals surface area contributed by atoms with Crippen molar-refractivity contribution in [3.63, 3.8) is 0 Å². The van der Waals surface area contributed by atoms with Crippen molar-refractivity contribution in [3.8, 4) is 5.75 Å². The van der Waals surface area contributed by atoms with Gasteiger partial charge in [-0.05, 0) is 43.5 Å². The molecule has 0 radical (unpaired) electrons. The molecule has 0 aromatic heterocycles. The minimum absolute atomic E-state index is 0.0284. The molecule has 0 N–H and O–H groups in total. The minimum atomic E-state index is -1.07. The van der Waals surface area contributed by atoms with Gasteiger partial charge in [-0.15, -0.1) is 0 Å². The highest BCUT2D eigenvalue weighted by molar-refractivity contribution is 6.11. The number of nitrogens with zero attached hydrogens (tertiary/aromatic N) is 2.